The minimum absolute atomic E-state index is 0.239. The Bertz CT molecular complexity index is 1220. The van der Waals surface area contributed by atoms with Gasteiger partial charge in [0.25, 0.3) is 0 Å². The average molecular weight is 448 g/mol. The minimum atomic E-state index is -0.239. The topological polar surface area (TPSA) is 123 Å². The number of hydrogen-bond donors (Lipinski definition) is 2. The summed E-state index contributed by atoms with van der Waals surface area (Å²) in [6, 6.07) is 7.82. The second-order valence-electron chi connectivity index (χ2n) is 7.50. The van der Waals surface area contributed by atoms with Crippen LogP contribution in [0.1, 0.15) is 11.4 Å². The van der Waals surface area contributed by atoms with Crippen LogP contribution in [0.3, 0.4) is 0 Å². The van der Waals surface area contributed by atoms with Crippen LogP contribution in [0.15, 0.2) is 42.9 Å². The maximum atomic E-state index is 9.49. The summed E-state index contributed by atoms with van der Waals surface area (Å²) < 4.78 is 12.3. The predicted octanol–water partition coefficient (Wildman–Crippen LogP) is 1.53. The maximum absolute atomic E-state index is 9.49. The van der Waals surface area contributed by atoms with Crippen molar-refractivity contribution in [3.63, 3.8) is 0 Å². The highest BCUT2D eigenvalue weighted by atomic mass is 16.5. The molecule has 170 valence electrons. The van der Waals surface area contributed by atoms with Crippen LogP contribution in [0.4, 0.5) is 11.8 Å². The lowest BCUT2D eigenvalue weighted by molar-refractivity contribution is 0.122. The van der Waals surface area contributed by atoms with Crippen molar-refractivity contribution >= 4 is 17.4 Å². The molecule has 1 saturated heterocycles. The molecule has 1 aliphatic rings. The first kappa shape index (κ1) is 21.0. The second kappa shape index (κ2) is 9.35. The van der Waals surface area contributed by atoms with Crippen molar-refractivity contribution in [2.24, 2.45) is 0 Å². The highest BCUT2D eigenvalue weighted by Gasteiger charge is 2.20. The van der Waals surface area contributed by atoms with Crippen LogP contribution in [0.25, 0.3) is 16.9 Å². The molecule has 0 aliphatic carbocycles. The molecule has 4 heterocycles. The molecular weight excluding hydrogens is 424 g/mol. The van der Waals surface area contributed by atoms with Gasteiger partial charge in [-0.1, -0.05) is 12.1 Å². The molecule has 0 bridgehead atoms. The fourth-order valence-electron chi connectivity index (χ4n) is 3.59. The second-order valence-corrected chi connectivity index (χ2v) is 7.50. The van der Waals surface area contributed by atoms with Gasteiger partial charge in [0, 0.05) is 37.6 Å². The van der Waals surface area contributed by atoms with E-state index >= 15 is 0 Å². The van der Waals surface area contributed by atoms with Gasteiger partial charge in [0.05, 0.1) is 32.2 Å². The molecule has 1 aliphatic heterocycles. The quantitative estimate of drug-likeness (QED) is 0.430. The Kier molecular flexibility index (Phi) is 5.96. The van der Waals surface area contributed by atoms with Crippen LogP contribution in [0.2, 0.25) is 0 Å². The highest BCUT2D eigenvalue weighted by molar-refractivity contribution is 5.69. The number of morpholine rings is 1. The van der Waals surface area contributed by atoms with Gasteiger partial charge >= 0.3 is 0 Å². The third-order valence-corrected chi connectivity index (χ3v) is 5.36. The smallest absolute Gasteiger partial charge is 0.222 e. The minimum Gasteiger partial charge on any atom is -0.497 e. The summed E-state index contributed by atoms with van der Waals surface area (Å²) in [4.78, 5) is 20.3. The first-order valence-electron chi connectivity index (χ1n) is 10.6. The number of benzene rings is 1. The lowest BCUT2D eigenvalue weighted by atomic mass is 10.2. The summed E-state index contributed by atoms with van der Waals surface area (Å²) in [5.74, 6) is 2.38. The van der Waals surface area contributed by atoms with Crippen LogP contribution in [-0.2, 0) is 17.9 Å². The van der Waals surface area contributed by atoms with E-state index in [-0.39, 0.29) is 6.61 Å². The summed E-state index contributed by atoms with van der Waals surface area (Å²) in [6.45, 7) is 3.01. The van der Waals surface area contributed by atoms with Gasteiger partial charge in [0.1, 0.15) is 12.4 Å². The molecule has 5 rings (SSSR count). The molecule has 33 heavy (non-hydrogen) atoms. The standard InChI is InChI=1S/C22H24N8O3/c1-32-17-4-2-15(3-5-17)10-23-22-24-11-16(12-25-22)18-13-30-21(27-19(14-31)28-30)20(26-18)29-6-8-33-9-7-29/h2-5,11-13,31H,6-10,14H2,1H3,(H,23,24,25). The summed E-state index contributed by atoms with van der Waals surface area (Å²) in [6.07, 6.45) is 5.23. The van der Waals surface area contributed by atoms with Crippen molar-refractivity contribution in [1.29, 1.82) is 0 Å². The fourth-order valence-corrected chi connectivity index (χ4v) is 3.59. The summed E-state index contributed by atoms with van der Waals surface area (Å²) >= 11 is 0. The molecule has 3 aromatic heterocycles. The molecule has 2 N–H and O–H groups in total. The van der Waals surface area contributed by atoms with Crippen molar-refractivity contribution in [1.82, 2.24) is 29.5 Å². The SMILES string of the molecule is COc1ccc(CNc2ncc(-c3cn4nc(CO)nc4c(N4CCOCC4)n3)cn2)cc1. The Labute approximate surface area is 190 Å². The normalized spacial score (nSPS) is 13.9. The summed E-state index contributed by atoms with van der Waals surface area (Å²) in [7, 11) is 1.65. The van der Waals surface area contributed by atoms with Gasteiger partial charge in [-0.15, -0.1) is 5.10 Å². The summed E-state index contributed by atoms with van der Waals surface area (Å²) in [5, 5.41) is 17.1. The van der Waals surface area contributed by atoms with Crippen molar-refractivity contribution in [3.8, 4) is 17.0 Å². The van der Waals surface area contributed by atoms with E-state index in [4.69, 9.17) is 14.5 Å². The Balaban J connectivity index is 1.38. The molecule has 0 amide bonds. The number of aliphatic hydroxyl groups excluding tert-OH is 1. The molecular formula is C22H24N8O3. The zero-order chi connectivity index (χ0) is 22.6. The largest absolute Gasteiger partial charge is 0.497 e. The van der Waals surface area contributed by atoms with Gasteiger partial charge in [0.2, 0.25) is 5.95 Å². The Morgan fingerprint density at radius 2 is 1.85 bits per heavy atom. The van der Waals surface area contributed by atoms with Crippen LogP contribution < -0.4 is 15.0 Å². The number of aliphatic hydroxyl groups is 1. The lowest BCUT2D eigenvalue weighted by Crippen LogP contribution is -2.37. The number of rotatable bonds is 7. The number of anilines is 2. The average Bonchev–Trinajstić information content (AvgIpc) is 3.31. The predicted molar refractivity (Wildman–Crippen MR) is 121 cm³/mol. The number of aromatic nitrogens is 6. The summed E-state index contributed by atoms with van der Waals surface area (Å²) in [5.41, 5.74) is 3.11. The van der Waals surface area contributed by atoms with E-state index in [2.05, 4.69) is 30.3 Å². The monoisotopic (exact) mass is 448 g/mol. The zero-order valence-electron chi connectivity index (χ0n) is 18.2. The first-order chi connectivity index (χ1) is 16.2. The van der Waals surface area contributed by atoms with Gasteiger partial charge in [-0.3, -0.25) is 0 Å². The van der Waals surface area contributed by atoms with Gasteiger partial charge in [0.15, 0.2) is 17.3 Å². The molecule has 11 nitrogen and oxygen atoms in total. The first-order valence-corrected chi connectivity index (χ1v) is 10.6. The third-order valence-electron chi connectivity index (χ3n) is 5.36. The molecule has 0 unspecified atom stereocenters. The van der Waals surface area contributed by atoms with E-state index in [0.29, 0.717) is 61.8 Å². The van der Waals surface area contributed by atoms with E-state index in [9.17, 15) is 5.11 Å². The van der Waals surface area contributed by atoms with E-state index in [1.807, 2.05) is 24.3 Å². The maximum Gasteiger partial charge on any atom is 0.222 e. The van der Waals surface area contributed by atoms with Crippen molar-refractivity contribution in [2.75, 3.05) is 43.6 Å². The van der Waals surface area contributed by atoms with E-state index in [1.165, 1.54) is 0 Å². The van der Waals surface area contributed by atoms with E-state index < -0.39 is 0 Å². The van der Waals surface area contributed by atoms with Gasteiger partial charge < -0.3 is 24.8 Å². The lowest BCUT2D eigenvalue weighted by Gasteiger charge is -2.28. The van der Waals surface area contributed by atoms with Crippen molar-refractivity contribution in [2.45, 2.75) is 13.2 Å². The number of ether oxygens (including phenoxy) is 2. The molecule has 0 spiro atoms. The molecule has 4 aromatic rings. The van der Waals surface area contributed by atoms with Gasteiger partial charge in [-0.25, -0.2) is 24.5 Å². The number of nitrogens with zero attached hydrogens (tertiary/aromatic N) is 7. The Morgan fingerprint density at radius 1 is 1.09 bits per heavy atom. The van der Waals surface area contributed by atoms with Gasteiger partial charge in [-0.05, 0) is 17.7 Å². The van der Waals surface area contributed by atoms with Crippen LogP contribution in [0, 0.1) is 0 Å². The molecule has 0 saturated carbocycles. The van der Waals surface area contributed by atoms with Crippen molar-refractivity contribution < 1.29 is 14.6 Å². The number of nitrogens with one attached hydrogen (secondary N) is 1. The molecule has 0 radical (unpaired) electrons. The van der Waals surface area contributed by atoms with Crippen LogP contribution in [-0.4, -0.2) is 68.1 Å². The zero-order valence-corrected chi connectivity index (χ0v) is 18.2. The van der Waals surface area contributed by atoms with Crippen LogP contribution >= 0.6 is 0 Å². The van der Waals surface area contributed by atoms with E-state index in [0.717, 1.165) is 16.9 Å². The Morgan fingerprint density at radius 3 is 2.55 bits per heavy atom. The van der Waals surface area contributed by atoms with Crippen molar-refractivity contribution in [3.05, 3.63) is 54.2 Å². The fraction of sp³-hybridized carbons (Fsp3) is 0.318. The Hall–Kier alpha value is -3.83. The van der Waals surface area contributed by atoms with E-state index in [1.54, 1.807) is 30.2 Å². The van der Waals surface area contributed by atoms with Gasteiger partial charge in [-0.2, -0.15) is 0 Å². The number of fused-ring (bicyclic) bond motifs is 1. The molecule has 11 heteroatoms. The number of hydrogen-bond acceptors (Lipinski definition) is 10. The number of methoxy groups -OCH3 is 1. The molecule has 1 aromatic carbocycles. The highest BCUT2D eigenvalue weighted by Crippen LogP contribution is 2.25. The van der Waals surface area contributed by atoms with Crippen LogP contribution in [0.5, 0.6) is 5.75 Å². The third kappa shape index (κ3) is 4.54. The molecule has 0 atom stereocenters. The molecule has 1 fully saturated rings.